The van der Waals surface area contributed by atoms with Gasteiger partial charge in [0.15, 0.2) is 0 Å². The number of ether oxygens (including phenoxy) is 1. The molecule has 1 aliphatic carbocycles. The summed E-state index contributed by atoms with van der Waals surface area (Å²) < 4.78 is 6.27. The Kier molecular flexibility index (Phi) is 2.62. The van der Waals surface area contributed by atoms with E-state index in [2.05, 4.69) is 25.1 Å². The molecule has 92 valence electrons. The number of rotatable bonds is 1. The van der Waals surface area contributed by atoms with Gasteiger partial charge in [-0.25, -0.2) is 0 Å². The van der Waals surface area contributed by atoms with Gasteiger partial charge in [-0.15, -0.1) is 0 Å². The van der Waals surface area contributed by atoms with Crippen molar-refractivity contribution in [2.75, 3.05) is 0 Å². The van der Waals surface area contributed by atoms with Crippen molar-refractivity contribution in [3.8, 4) is 5.75 Å². The second kappa shape index (κ2) is 4.02. The van der Waals surface area contributed by atoms with Crippen LogP contribution in [-0.2, 0) is 6.42 Å². The van der Waals surface area contributed by atoms with Gasteiger partial charge in [0, 0.05) is 18.0 Å². The summed E-state index contributed by atoms with van der Waals surface area (Å²) in [4.78, 5) is 0. The molecule has 0 aromatic heterocycles. The molecule has 0 bridgehead atoms. The molecule has 1 aromatic carbocycles. The first-order chi connectivity index (χ1) is 8.22. The molecule has 0 radical (unpaired) electrons. The van der Waals surface area contributed by atoms with E-state index in [-0.39, 0.29) is 11.6 Å². The molecule has 1 atom stereocenters. The standard InChI is InChI=1S/C15H21NO/c1-2-11-5-6-14-12(9-11)13(16)10-15(17-14)7-3-4-8-15/h5-6,9,13H,2-4,7-8,10,16H2,1H3. The van der Waals surface area contributed by atoms with Gasteiger partial charge in [0.25, 0.3) is 0 Å². The van der Waals surface area contributed by atoms with Crippen molar-refractivity contribution in [3.05, 3.63) is 29.3 Å². The summed E-state index contributed by atoms with van der Waals surface area (Å²) in [6.45, 7) is 2.18. The summed E-state index contributed by atoms with van der Waals surface area (Å²) in [7, 11) is 0. The third-order valence-corrected chi connectivity index (χ3v) is 4.32. The highest BCUT2D eigenvalue weighted by Gasteiger charge is 2.41. The summed E-state index contributed by atoms with van der Waals surface area (Å²) in [5.41, 5.74) is 8.96. The molecule has 0 amide bonds. The molecule has 1 saturated carbocycles. The Morgan fingerprint density at radius 3 is 2.82 bits per heavy atom. The van der Waals surface area contributed by atoms with Crippen LogP contribution in [0.1, 0.15) is 56.2 Å². The maximum Gasteiger partial charge on any atom is 0.124 e. The van der Waals surface area contributed by atoms with E-state index < -0.39 is 0 Å². The van der Waals surface area contributed by atoms with Gasteiger partial charge >= 0.3 is 0 Å². The van der Waals surface area contributed by atoms with E-state index in [1.807, 2.05) is 0 Å². The quantitative estimate of drug-likeness (QED) is 0.804. The van der Waals surface area contributed by atoms with Gasteiger partial charge in [0.2, 0.25) is 0 Å². The number of nitrogens with two attached hydrogens (primary N) is 1. The summed E-state index contributed by atoms with van der Waals surface area (Å²) in [5, 5.41) is 0. The normalized spacial score (nSPS) is 25.6. The van der Waals surface area contributed by atoms with E-state index in [0.29, 0.717) is 0 Å². The minimum Gasteiger partial charge on any atom is -0.487 e. The Morgan fingerprint density at radius 1 is 1.35 bits per heavy atom. The lowest BCUT2D eigenvalue weighted by Crippen LogP contribution is -2.40. The van der Waals surface area contributed by atoms with Crippen LogP contribution < -0.4 is 10.5 Å². The summed E-state index contributed by atoms with van der Waals surface area (Å²) >= 11 is 0. The third-order valence-electron chi connectivity index (χ3n) is 4.32. The van der Waals surface area contributed by atoms with E-state index in [9.17, 15) is 0 Å². The van der Waals surface area contributed by atoms with Crippen molar-refractivity contribution in [2.24, 2.45) is 5.73 Å². The highest BCUT2D eigenvalue weighted by Crippen LogP contribution is 2.46. The van der Waals surface area contributed by atoms with Crippen molar-refractivity contribution < 1.29 is 4.74 Å². The maximum atomic E-state index is 6.34. The first-order valence-electron chi connectivity index (χ1n) is 6.80. The predicted molar refractivity (Wildman–Crippen MR) is 69.2 cm³/mol. The molecule has 1 fully saturated rings. The van der Waals surface area contributed by atoms with Gasteiger partial charge < -0.3 is 10.5 Å². The molecule has 3 rings (SSSR count). The van der Waals surface area contributed by atoms with Gasteiger partial charge in [-0.3, -0.25) is 0 Å². The third kappa shape index (κ3) is 1.85. The average molecular weight is 231 g/mol. The summed E-state index contributed by atoms with van der Waals surface area (Å²) in [5.74, 6) is 1.03. The van der Waals surface area contributed by atoms with Crippen LogP contribution in [0.15, 0.2) is 18.2 Å². The number of hydrogen-bond acceptors (Lipinski definition) is 2. The average Bonchev–Trinajstić information content (AvgIpc) is 2.77. The number of benzene rings is 1. The molecular formula is C15H21NO. The number of aryl methyl sites for hydroxylation is 1. The predicted octanol–water partition coefficient (Wildman–Crippen LogP) is 3.34. The van der Waals surface area contributed by atoms with E-state index in [1.54, 1.807) is 0 Å². The molecule has 1 spiro atoms. The molecule has 1 heterocycles. The molecule has 2 nitrogen and oxygen atoms in total. The highest BCUT2D eigenvalue weighted by molar-refractivity contribution is 5.42. The van der Waals surface area contributed by atoms with Gasteiger partial charge in [0.05, 0.1) is 0 Å². The van der Waals surface area contributed by atoms with Crippen LogP contribution in [0.2, 0.25) is 0 Å². The van der Waals surface area contributed by atoms with Crippen LogP contribution in [0.3, 0.4) is 0 Å². The van der Waals surface area contributed by atoms with E-state index >= 15 is 0 Å². The zero-order valence-electron chi connectivity index (χ0n) is 10.5. The van der Waals surface area contributed by atoms with E-state index in [4.69, 9.17) is 10.5 Å². The zero-order valence-corrected chi connectivity index (χ0v) is 10.5. The van der Waals surface area contributed by atoms with Crippen molar-refractivity contribution in [2.45, 2.75) is 57.1 Å². The first kappa shape index (κ1) is 11.1. The van der Waals surface area contributed by atoms with Crippen molar-refractivity contribution >= 4 is 0 Å². The highest BCUT2D eigenvalue weighted by atomic mass is 16.5. The van der Waals surface area contributed by atoms with Crippen LogP contribution in [0, 0.1) is 0 Å². The van der Waals surface area contributed by atoms with E-state index in [0.717, 1.165) is 18.6 Å². The number of hydrogen-bond donors (Lipinski definition) is 1. The topological polar surface area (TPSA) is 35.2 Å². The van der Waals surface area contributed by atoms with Crippen LogP contribution in [-0.4, -0.2) is 5.60 Å². The summed E-state index contributed by atoms with van der Waals surface area (Å²) in [6.07, 6.45) is 6.98. The fourth-order valence-electron chi connectivity index (χ4n) is 3.31. The fourth-order valence-corrected chi connectivity index (χ4v) is 3.31. The van der Waals surface area contributed by atoms with Crippen LogP contribution in [0.5, 0.6) is 5.75 Å². The molecule has 0 saturated heterocycles. The second-order valence-corrected chi connectivity index (χ2v) is 5.53. The maximum absolute atomic E-state index is 6.34. The van der Waals surface area contributed by atoms with Gasteiger partial charge in [-0.2, -0.15) is 0 Å². The lowest BCUT2D eigenvalue weighted by Gasteiger charge is -2.39. The van der Waals surface area contributed by atoms with Crippen molar-refractivity contribution in [1.29, 1.82) is 0 Å². The summed E-state index contributed by atoms with van der Waals surface area (Å²) in [6, 6.07) is 6.66. The van der Waals surface area contributed by atoms with Gasteiger partial charge in [-0.1, -0.05) is 19.1 Å². The molecule has 2 aliphatic rings. The van der Waals surface area contributed by atoms with Crippen molar-refractivity contribution in [1.82, 2.24) is 0 Å². The van der Waals surface area contributed by atoms with Crippen molar-refractivity contribution in [3.63, 3.8) is 0 Å². The minimum absolute atomic E-state index is 0.0557. The monoisotopic (exact) mass is 231 g/mol. The smallest absolute Gasteiger partial charge is 0.124 e. The van der Waals surface area contributed by atoms with Crippen LogP contribution in [0.25, 0.3) is 0 Å². The lowest BCUT2D eigenvalue weighted by atomic mass is 9.86. The van der Waals surface area contributed by atoms with E-state index in [1.165, 1.54) is 36.8 Å². The Bertz CT molecular complexity index is 421. The Hall–Kier alpha value is -1.02. The second-order valence-electron chi connectivity index (χ2n) is 5.53. The molecular weight excluding hydrogens is 210 g/mol. The Balaban J connectivity index is 1.96. The van der Waals surface area contributed by atoms with Crippen LogP contribution in [0.4, 0.5) is 0 Å². The molecule has 2 N–H and O–H groups in total. The van der Waals surface area contributed by atoms with Gasteiger partial charge in [0.1, 0.15) is 11.4 Å². The molecule has 1 aliphatic heterocycles. The largest absolute Gasteiger partial charge is 0.487 e. The minimum atomic E-state index is 0.0557. The Morgan fingerprint density at radius 2 is 2.12 bits per heavy atom. The molecule has 1 unspecified atom stereocenters. The van der Waals surface area contributed by atoms with Gasteiger partial charge in [-0.05, 0) is 43.7 Å². The lowest BCUT2D eigenvalue weighted by molar-refractivity contribution is 0.0426. The zero-order chi connectivity index (χ0) is 11.9. The first-order valence-corrected chi connectivity index (χ1v) is 6.80. The molecule has 2 heteroatoms. The van der Waals surface area contributed by atoms with Crippen LogP contribution >= 0.6 is 0 Å². The molecule has 1 aromatic rings. The fraction of sp³-hybridized carbons (Fsp3) is 0.600. The molecule has 17 heavy (non-hydrogen) atoms. The SMILES string of the molecule is CCc1ccc2c(c1)C(N)CC1(CCCC1)O2. The Labute approximate surface area is 103 Å². The number of fused-ring (bicyclic) bond motifs is 1.